The SMILES string of the molecule is CCCC(C)(NC(=O)c1ccc(CSC)o1)C(=O)O. The molecule has 0 aliphatic carbocycles. The Morgan fingerprint density at radius 3 is 2.68 bits per heavy atom. The summed E-state index contributed by atoms with van der Waals surface area (Å²) in [5.41, 5.74) is -1.27. The van der Waals surface area contributed by atoms with Gasteiger partial charge in [-0.25, -0.2) is 4.79 Å². The molecule has 1 aromatic heterocycles. The molecule has 1 aromatic rings. The van der Waals surface area contributed by atoms with Crippen LogP contribution in [0.1, 0.15) is 43.0 Å². The largest absolute Gasteiger partial charge is 0.480 e. The van der Waals surface area contributed by atoms with Crippen LogP contribution in [-0.4, -0.2) is 28.8 Å². The number of carboxylic acids is 1. The molecule has 1 atom stereocenters. The first-order valence-electron chi connectivity index (χ1n) is 6.06. The third-order valence-electron chi connectivity index (χ3n) is 2.78. The number of rotatable bonds is 7. The van der Waals surface area contributed by atoms with Crippen molar-refractivity contribution in [3.63, 3.8) is 0 Å². The van der Waals surface area contributed by atoms with Crippen molar-refractivity contribution in [1.29, 1.82) is 0 Å². The van der Waals surface area contributed by atoms with Crippen LogP contribution in [0, 0.1) is 0 Å². The molecule has 5 nitrogen and oxygen atoms in total. The summed E-state index contributed by atoms with van der Waals surface area (Å²) in [5.74, 6) is -0.0135. The van der Waals surface area contributed by atoms with Gasteiger partial charge in [0.1, 0.15) is 11.3 Å². The fourth-order valence-electron chi connectivity index (χ4n) is 1.75. The Balaban J connectivity index is 2.78. The molecule has 19 heavy (non-hydrogen) atoms. The summed E-state index contributed by atoms with van der Waals surface area (Å²) in [6.45, 7) is 3.37. The lowest BCUT2D eigenvalue weighted by atomic mass is 9.96. The summed E-state index contributed by atoms with van der Waals surface area (Å²) in [7, 11) is 0. The van der Waals surface area contributed by atoms with Gasteiger partial charge in [0.25, 0.3) is 5.91 Å². The van der Waals surface area contributed by atoms with E-state index in [9.17, 15) is 14.7 Å². The summed E-state index contributed by atoms with van der Waals surface area (Å²) in [6.07, 6.45) is 2.97. The van der Waals surface area contributed by atoms with Gasteiger partial charge in [0.15, 0.2) is 5.76 Å². The van der Waals surface area contributed by atoms with E-state index in [1.54, 1.807) is 23.9 Å². The summed E-state index contributed by atoms with van der Waals surface area (Å²) < 4.78 is 5.36. The highest BCUT2D eigenvalue weighted by Gasteiger charge is 2.34. The number of carbonyl (C=O) groups excluding carboxylic acids is 1. The second-order valence-electron chi connectivity index (χ2n) is 4.54. The molecule has 0 aliphatic rings. The lowest BCUT2D eigenvalue weighted by molar-refractivity contribution is -0.144. The first kappa shape index (κ1) is 15.6. The number of hydrogen-bond acceptors (Lipinski definition) is 4. The van der Waals surface area contributed by atoms with Crippen LogP contribution in [0.4, 0.5) is 0 Å². The van der Waals surface area contributed by atoms with E-state index >= 15 is 0 Å². The zero-order chi connectivity index (χ0) is 14.5. The molecule has 0 radical (unpaired) electrons. The third kappa shape index (κ3) is 4.02. The quantitative estimate of drug-likeness (QED) is 0.804. The highest BCUT2D eigenvalue weighted by Crippen LogP contribution is 2.17. The molecule has 1 unspecified atom stereocenters. The number of furan rings is 1. The van der Waals surface area contributed by atoms with E-state index in [4.69, 9.17) is 4.42 Å². The molecule has 2 N–H and O–H groups in total. The number of carboxylic acid groups (broad SMARTS) is 1. The Kier molecular flexibility index (Phi) is 5.47. The van der Waals surface area contributed by atoms with E-state index in [0.29, 0.717) is 24.4 Å². The summed E-state index contributed by atoms with van der Waals surface area (Å²) >= 11 is 1.59. The van der Waals surface area contributed by atoms with Crippen molar-refractivity contribution < 1.29 is 19.1 Å². The normalized spacial score (nSPS) is 13.8. The topological polar surface area (TPSA) is 79.5 Å². The molecule has 0 aliphatic heterocycles. The Hall–Kier alpha value is -1.43. The van der Waals surface area contributed by atoms with Crippen LogP contribution in [0.15, 0.2) is 16.5 Å². The van der Waals surface area contributed by atoms with Crippen LogP contribution in [0.2, 0.25) is 0 Å². The molecule has 1 rings (SSSR count). The number of nitrogens with one attached hydrogen (secondary N) is 1. The zero-order valence-electron chi connectivity index (χ0n) is 11.4. The second kappa shape index (κ2) is 6.65. The Morgan fingerprint density at radius 2 is 2.16 bits per heavy atom. The van der Waals surface area contributed by atoms with Crippen LogP contribution in [0.3, 0.4) is 0 Å². The van der Waals surface area contributed by atoms with E-state index in [1.807, 2.05) is 13.2 Å². The van der Waals surface area contributed by atoms with E-state index in [2.05, 4.69) is 5.32 Å². The van der Waals surface area contributed by atoms with Gasteiger partial charge in [-0.2, -0.15) is 11.8 Å². The van der Waals surface area contributed by atoms with E-state index in [1.165, 1.54) is 6.92 Å². The van der Waals surface area contributed by atoms with Crippen LogP contribution in [0.25, 0.3) is 0 Å². The maximum atomic E-state index is 12.0. The van der Waals surface area contributed by atoms with Gasteiger partial charge in [0.05, 0.1) is 5.75 Å². The molecule has 6 heteroatoms. The molecule has 0 spiro atoms. The van der Waals surface area contributed by atoms with Crippen molar-refractivity contribution in [1.82, 2.24) is 5.32 Å². The molecule has 106 valence electrons. The predicted molar refractivity (Wildman–Crippen MR) is 74.3 cm³/mol. The fourth-order valence-corrected chi connectivity index (χ4v) is 2.19. The summed E-state index contributed by atoms with van der Waals surface area (Å²) in [6, 6.07) is 3.29. The van der Waals surface area contributed by atoms with Crippen LogP contribution < -0.4 is 5.32 Å². The average Bonchev–Trinajstić information content (AvgIpc) is 2.78. The van der Waals surface area contributed by atoms with Crippen molar-refractivity contribution in [3.05, 3.63) is 23.7 Å². The first-order valence-corrected chi connectivity index (χ1v) is 7.46. The molecule has 0 aromatic carbocycles. The fraction of sp³-hybridized carbons (Fsp3) is 0.538. The van der Waals surface area contributed by atoms with Crippen molar-refractivity contribution >= 4 is 23.6 Å². The van der Waals surface area contributed by atoms with Gasteiger partial charge >= 0.3 is 5.97 Å². The Labute approximate surface area is 116 Å². The minimum Gasteiger partial charge on any atom is -0.480 e. The predicted octanol–water partition coefficient (Wildman–Crippen LogP) is 2.52. The standard InChI is InChI=1S/C13H19NO4S/c1-4-7-13(2,12(16)17)14-11(15)10-6-5-9(18-10)8-19-3/h5-6H,4,7-8H2,1-3H3,(H,14,15)(H,16,17). The molecule has 1 heterocycles. The maximum absolute atomic E-state index is 12.0. The van der Waals surface area contributed by atoms with Gasteiger partial charge in [-0.1, -0.05) is 13.3 Å². The van der Waals surface area contributed by atoms with Gasteiger partial charge in [0, 0.05) is 0 Å². The van der Waals surface area contributed by atoms with Crippen molar-refractivity contribution in [2.75, 3.05) is 6.26 Å². The van der Waals surface area contributed by atoms with Crippen LogP contribution in [0.5, 0.6) is 0 Å². The second-order valence-corrected chi connectivity index (χ2v) is 5.41. The number of carbonyl (C=O) groups is 2. The number of amides is 1. The molecular weight excluding hydrogens is 266 g/mol. The maximum Gasteiger partial charge on any atom is 0.329 e. The Bertz CT molecular complexity index is 457. The van der Waals surface area contributed by atoms with Gasteiger partial charge < -0.3 is 14.8 Å². The van der Waals surface area contributed by atoms with E-state index < -0.39 is 17.4 Å². The van der Waals surface area contributed by atoms with Crippen LogP contribution in [-0.2, 0) is 10.5 Å². The number of hydrogen-bond donors (Lipinski definition) is 2. The van der Waals surface area contributed by atoms with E-state index in [0.717, 1.165) is 0 Å². The molecule has 1 amide bonds. The first-order chi connectivity index (χ1) is 8.92. The molecular formula is C13H19NO4S. The highest BCUT2D eigenvalue weighted by atomic mass is 32.2. The van der Waals surface area contributed by atoms with Gasteiger partial charge in [-0.05, 0) is 31.7 Å². The lowest BCUT2D eigenvalue weighted by Gasteiger charge is -2.25. The summed E-state index contributed by atoms with van der Waals surface area (Å²) in [4.78, 5) is 23.2. The summed E-state index contributed by atoms with van der Waals surface area (Å²) in [5, 5.41) is 11.7. The smallest absolute Gasteiger partial charge is 0.329 e. The van der Waals surface area contributed by atoms with Crippen molar-refractivity contribution in [2.24, 2.45) is 0 Å². The monoisotopic (exact) mass is 285 g/mol. The molecule has 0 fully saturated rings. The minimum atomic E-state index is -1.27. The average molecular weight is 285 g/mol. The van der Waals surface area contributed by atoms with Gasteiger partial charge in [-0.15, -0.1) is 0 Å². The van der Waals surface area contributed by atoms with E-state index in [-0.39, 0.29) is 5.76 Å². The van der Waals surface area contributed by atoms with Crippen LogP contribution >= 0.6 is 11.8 Å². The minimum absolute atomic E-state index is 0.146. The van der Waals surface area contributed by atoms with Gasteiger partial charge in [-0.3, -0.25) is 4.79 Å². The highest BCUT2D eigenvalue weighted by molar-refractivity contribution is 7.97. The third-order valence-corrected chi connectivity index (χ3v) is 3.36. The van der Waals surface area contributed by atoms with Gasteiger partial charge in [0.2, 0.25) is 0 Å². The van der Waals surface area contributed by atoms with Crippen molar-refractivity contribution in [2.45, 2.75) is 38.0 Å². The lowest BCUT2D eigenvalue weighted by Crippen LogP contribution is -2.52. The molecule has 0 bridgehead atoms. The molecule has 0 saturated carbocycles. The molecule has 0 saturated heterocycles. The zero-order valence-corrected chi connectivity index (χ0v) is 12.2. The Morgan fingerprint density at radius 1 is 1.47 bits per heavy atom. The number of thioether (sulfide) groups is 1. The van der Waals surface area contributed by atoms with Crippen molar-refractivity contribution in [3.8, 4) is 0 Å². The number of aliphatic carboxylic acids is 1.